The predicted octanol–water partition coefficient (Wildman–Crippen LogP) is 2.91. The van der Waals surface area contributed by atoms with Crippen molar-refractivity contribution in [3.8, 4) is 11.3 Å². The van der Waals surface area contributed by atoms with E-state index in [1.165, 1.54) is 0 Å². The van der Waals surface area contributed by atoms with Crippen LogP contribution in [0, 0.1) is 0 Å². The molecule has 2 N–H and O–H groups in total. The van der Waals surface area contributed by atoms with Gasteiger partial charge in [-0.25, -0.2) is 4.79 Å². The second kappa shape index (κ2) is 8.04. The van der Waals surface area contributed by atoms with Crippen LogP contribution < -0.4 is 10.6 Å². The molecule has 3 aromatic rings. The van der Waals surface area contributed by atoms with E-state index in [0.717, 1.165) is 17.5 Å². The average Bonchev–Trinajstić information content (AvgIpc) is 3.42. The number of carbonyl (C=O) groups is 1. The molecule has 3 aromatic heterocycles. The van der Waals surface area contributed by atoms with Crippen LogP contribution in [-0.4, -0.2) is 43.2 Å². The van der Waals surface area contributed by atoms with Crippen LogP contribution in [0.25, 0.3) is 11.3 Å². The van der Waals surface area contributed by atoms with Gasteiger partial charge in [0.25, 0.3) is 0 Å². The van der Waals surface area contributed by atoms with Gasteiger partial charge in [-0.3, -0.25) is 14.3 Å². The number of pyridine rings is 1. The van der Waals surface area contributed by atoms with E-state index in [1.807, 2.05) is 36.4 Å². The molecule has 1 aliphatic heterocycles. The fourth-order valence-corrected chi connectivity index (χ4v) is 3.45. The summed E-state index contributed by atoms with van der Waals surface area (Å²) in [5, 5.41) is 14.5. The van der Waals surface area contributed by atoms with E-state index in [-0.39, 0.29) is 24.2 Å². The lowest BCUT2D eigenvalue weighted by Crippen LogP contribution is -2.39. The highest BCUT2D eigenvalue weighted by Crippen LogP contribution is 2.30. The normalized spacial score (nSPS) is 18.9. The molecule has 0 radical (unpaired) electrons. The van der Waals surface area contributed by atoms with Crippen LogP contribution in [0.2, 0.25) is 0 Å². The van der Waals surface area contributed by atoms with Gasteiger partial charge in [-0.1, -0.05) is 0 Å². The van der Waals surface area contributed by atoms with Gasteiger partial charge in [0, 0.05) is 49.4 Å². The second-order valence-electron chi connectivity index (χ2n) is 7.43. The fourth-order valence-electron chi connectivity index (χ4n) is 3.45. The molecule has 2 amide bonds. The molecule has 0 unspecified atom stereocenters. The Balaban J connectivity index is 1.46. The smallest absolute Gasteiger partial charge is 0.319 e. The number of urea groups is 1. The molecular weight excluding hydrogens is 370 g/mol. The molecule has 0 bridgehead atoms. The first-order valence-electron chi connectivity index (χ1n) is 9.68. The van der Waals surface area contributed by atoms with Gasteiger partial charge in [-0.05, 0) is 32.4 Å². The summed E-state index contributed by atoms with van der Waals surface area (Å²) >= 11 is 0. The Bertz CT molecular complexity index is 994. The van der Waals surface area contributed by atoms with E-state index in [1.54, 1.807) is 23.1 Å². The SMILES string of the molecule is CC(C)n1cc([C@@H]2OCC[C@H]2NC(=O)Nc2cccnc2-c2cnn(C)c2)cn1. The highest BCUT2D eigenvalue weighted by molar-refractivity contribution is 5.93. The molecule has 9 nitrogen and oxygen atoms in total. The molecule has 0 saturated carbocycles. The molecule has 29 heavy (non-hydrogen) atoms. The minimum atomic E-state index is -0.292. The van der Waals surface area contributed by atoms with Crippen molar-refractivity contribution in [2.24, 2.45) is 7.05 Å². The lowest BCUT2D eigenvalue weighted by atomic mass is 10.1. The summed E-state index contributed by atoms with van der Waals surface area (Å²) in [7, 11) is 1.84. The molecule has 4 rings (SSSR count). The second-order valence-corrected chi connectivity index (χ2v) is 7.43. The van der Waals surface area contributed by atoms with Crippen LogP contribution >= 0.6 is 0 Å². The maximum Gasteiger partial charge on any atom is 0.319 e. The summed E-state index contributed by atoms with van der Waals surface area (Å²) in [5.74, 6) is 0. The summed E-state index contributed by atoms with van der Waals surface area (Å²) in [6, 6.07) is 3.47. The van der Waals surface area contributed by atoms with Crippen molar-refractivity contribution in [1.29, 1.82) is 0 Å². The molecule has 0 aromatic carbocycles. The van der Waals surface area contributed by atoms with Gasteiger partial charge in [0.2, 0.25) is 0 Å². The third-order valence-electron chi connectivity index (χ3n) is 4.92. The standard InChI is InChI=1S/C20H25N7O2/c1-13(2)27-12-15(10-23-27)19-17(6-8-29-19)25-20(28)24-16-5-4-7-21-18(16)14-9-22-26(3)11-14/h4-5,7,9-13,17,19H,6,8H2,1-3H3,(H2,24,25,28)/t17-,19+/m1/s1. The number of hydrogen-bond acceptors (Lipinski definition) is 5. The van der Waals surface area contributed by atoms with Crippen molar-refractivity contribution in [2.75, 3.05) is 11.9 Å². The van der Waals surface area contributed by atoms with E-state index >= 15 is 0 Å². The molecule has 0 aliphatic carbocycles. The minimum Gasteiger partial charge on any atom is -0.371 e. The monoisotopic (exact) mass is 395 g/mol. The zero-order valence-corrected chi connectivity index (χ0v) is 16.7. The fraction of sp³-hybridized carbons (Fsp3) is 0.400. The summed E-state index contributed by atoms with van der Waals surface area (Å²) < 4.78 is 9.47. The van der Waals surface area contributed by atoms with E-state index in [2.05, 4.69) is 39.7 Å². The zero-order valence-electron chi connectivity index (χ0n) is 16.7. The third-order valence-corrected chi connectivity index (χ3v) is 4.92. The Hall–Kier alpha value is -3.20. The molecule has 152 valence electrons. The lowest BCUT2D eigenvalue weighted by Gasteiger charge is -2.19. The van der Waals surface area contributed by atoms with Crippen molar-refractivity contribution >= 4 is 11.7 Å². The summed E-state index contributed by atoms with van der Waals surface area (Å²) in [5.41, 5.74) is 3.11. The van der Waals surface area contributed by atoms with Gasteiger partial charge < -0.3 is 15.4 Å². The van der Waals surface area contributed by atoms with Gasteiger partial charge >= 0.3 is 6.03 Å². The maximum absolute atomic E-state index is 12.7. The lowest BCUT2D eigenvalue weighted by molar-refractivity contribution is 0.100. The molecule has 4 heterocycles. The number of aromatic nitrogens is 5. The predicted molar refractivity (Wildman–Crippen MR) is 108 cm³/mol. The zero-order chi connectivity index (χ0) is 20.4. The Morgan fingerprint density at radius 2 is 2.14 bits per heavy atom. The highest BCUT2D eigenvalue weighted by Gasteiger charge is 2.32. The Kier molecular flexibility index (Phi) is 5.30. The first-order valence-corrected chi connectivity index (χ1v) is 9.68. The third kappa shape index (κ3) is 4.14. The molecule has 0 spiro atoms. The largest absolute Gasteiger partial charge is 0.371 e. The van der Waals surface area contributed by atoms with Gasteiger partial charge in [-0.2, -0.15) is 10.2 Å². The number of hydrogen-bond donors (Lipinski definition) is 2. The Labute approximate surface area is 169 Å². The van der Waals surface area contributed by atoms with Crippen molar-refractivity contribution < 1.29 is 9.53 Å². The van der Waals surface area contributed by atoms with Gasteiger partial charge in [0.1, 0.15) is 6.10 Å². The van der Waals surface area contributed by atoms with E-state index < -0.39 is 0 Å². The summed E-state index contributed by atoms with van der Waals surface area (Å²) in [6.45, 7) is 4.74. The van der Waals surface area contributed by atoms with Gasteiger partial charge in [-0.15, -0.1) is 0 Å². The number of anilines is 1. The van der Waals surface area contributed by atoms with Crippen LogP contribution in [0.4, 0.5) is 10.5 Å². The van der Waals surface area contributed by atoms with Crippen LogP contribution in [0.1, 0.15) is 38.0 Å². The van der Waals surface area contributed by atoms with Crippen LogP contribution in [0.3, 0.4) is 0 Å². The number of aryl methyl sites for hydroxylation is 1. The molecule has 1 saturated heterocycles. The minimum absolute atomic E-state index is 0.127. The van der Waals surface area contributed by atoms with Gasteiger partial charge in [0.05, 0.1) is 29.8 Å². The van der Waals surface area contributed by atoms with E-state index in [4.69, 9.17) is 4.74 Å². The molecule has 1 fully saturated rings. The topological polar surface area (TPSA) is 98.9 Å². The number of ether oxygens (including phenoxy) is 1. The van der Waals surface area contributed by atoms with E-state index in [0.29, 0.717) is 18.0 Å². The van der Waals surface area contributed by atoms with Crippen molar-refractivity contribution in [3.63, 3.8) is 0 Å². The number of nitrogens with one attached hydrogen (secondary N) is 2. The molecule has 9 heteroatoms. The number of rotatable bonds is 5. The van der Waals surface area contributed by atoms with Crippen LogP contribution in [0.15, 0.2) is 43.1 Å². The van der Waals surface area contributed by atoms with Crippen LogP contribution in [-0.2, 0) is 11.8 Å². The summed E-state index contributed by atoms with van der Waals surface area (Å²) in [6.07, 6.45) is 9.60. The molecular formula is C20H25N7O2. The van der Waals surface area contributed by atoms with Gasteiger partial charge in [0.15, 0.2) is 0 Å². The van der Waals surface area contributed by atoms with Crippen molar-refractivity contribution in [2.45, 2.75) is 38.5 Å². The first kappa shape index (κ1) is 19.1. The Morgan fingerprint density at radius 1 is 1.28 bits per heavy atom. The molecule has 2 atom stereocenters. The molecule has 1 aliphatic rings. The maximum atomic E-state index is 12.7. The summed E-state index contributed by atoms with van der Waals surface area (Å²) in [4.78, 5) is 17.1. The Morgan fingerprint density at radius 3 is 2.86 bits per heavy atom. The number of amides is 2. The average molecular weight is 395 g/mol. The van der Waals surface area contributed by atoms with Crippen molar-refractivity contribution in [1.82, 2.24) is 29.9 Å². The quantitative estimate of drug-likeness (QED) is 0.692. The van der Waals surface area contributed by atoms with Crippen LogP contribution in [0.5, 0.6) is 0 Å². The number of nitrogens with zero attached hydrogens (tertiary/aromatic N) is 5. The first-order chi connectivity index (χ1) is 14.0. The van der Waals surface area contributed by atoms with Crippen molar-refractivity contribution in [3.05, 3.63) is 48.7 Å². The number of carbonyl (C=O) groups excluding carboxylic acids is 1. The van der Waals surface area contributed by atoms with E-state index in [9.17, 15) is 4.79 Å². The highest BCUT2D eigenvalue weighted by atomic mass is 16.5.